The predicted octanol–water partition coefficient (Wildman–Crippen LogP) is 5.71. The van der Waals surface area contributed by atoms with Crippen molar-refractivity contribution in [2.24, 2.45) is 11.8 Å². The molecule has 2 aliphatic rings. The van der Waals surface area contributed by atoms with Gasteiger partial charge >= 0.3 is 0 Å². The zero-order valence-electron chi connectivity index (χ0n) is 18.1. The van der Waals surface area contributed by atoms with E-state index in [1.165, 1.54) is 35.6 Å². The zero-order valence-corrected chi connectivity index (χ0v) is 20.5. The van der Waals surface area contributed by atoms with Gasteiger partial charge < -0.3 is 15.2 Å². The van der Waals surface area contributed by atoms with Gasteiger partial charge in [-0.15, -0.1) is 35.9 Å². The van der Waals surface area contributed by atoms with E-state index in [-0.39, 0.29) is 38.2 Å². The van der Waals surface area contributed by atoms with Crippen LogP contribution in [0.1, 0.15) is 50.5 Å². The number of hydrogen-bond donors (Lipinski definition) is 2. The Morgan fingerprint density at radius 3 is 2.42 bits per heavy atom. The van der Waals surface area contributed by atoms with Crippen molar-refractivity contribution in [3.8, 4) is 11.3 Å². The predicted molar refractivity (Wildman–Crippen MR) is 122 cm³/mol. The number of hydrogen-bond acceptors (Lipinski definition) is 3. The average molecular weight is 595 g/mol. The van der Waals surface area contributed by atoms with Crippen molar-refractivity contribution < 1.29 is 30.3 Å². The summed E-state index contributed by atoms with van der Waals surface area (Å²) in [4.78, 5) is 4.51. The van der Waals surface area contributed by atoms with E-state index in [2.05, 4.69) is 42.2 Å². The van der Waals surface area contributed by atoms with Gasteiger partial charge in [-0.2, -0.15) is 0 Å². The van der Waals surface area contributed by atoms with E-state index in [0.717, 1.165) is 36.9 Å². The Balaban J connectivity index is 0.000000176. The van der Waals surface area contributed by atoms with Gasteiger partial charge in [-0.3, -0.25) is 0 Å². The molecule has 2 fully saturated rings. The molecule has 4 unspecified atom stereocenters. The molecule has 2 saturated carbocycles. The smallest absolute Gasteiger partial charge is 0.0595 e. The molecular formula is C27H32IrNO2-. The number of nitrogens with zero attached hydrogens (tertiary/aromatic N) is 1. The van der Waals surface area contributed by atoms with Gasteiger partial charge in [-0.05, 0) is 55.2 Å². The summed E-state index contributed by atoms with van der Waals surface area (Å²) in [5, 5.41) is 22.2. The molecule has 0 aliphatic heterocycles. The minimum atomic E-state index is -0.234. The van der Waals surface area contributed by atoms with Crippen LogP contribution in [0.3, 0.4) is 0 Å². The summed E-state index contributed by atoms with van der Waals surface area (Å²) in [7, 11) is 0. The van der Waals surface area contributed by atoms with E-state index in [1.807, 2.05) is 30.5 Å². The van der Waals surface area contributed by atoms with Crippen LogP contribution in [0.4, 0.5) is 0 Å². The molecule has 2 N–H and O–H groups in total. The molecule has 1 heterocycles. The SMILES string of the molecule is Cc1cccc2cc(-c3[c-]cccc3)ncc12.OC1CCCCC2CCCC(O)C12.[Ir]. The monoisotopic (exact) mass is 595 g/mol. The fourth-order valence-corrected chi connectivity index (χ4v) is 5.17. The fourth-order valence-electron chi connectivity index (χ4n) is 5.17. The first-order chi connectivity index (χ1) is 14.6. The van der Waals surface area contributed by atoms with Crippen LogP contribution >= 0.6 is 0 Å². The summed E-state index contributed by atoms with van der Waals surface area (Å²) < 4.78 is 0. The molecule has 2 aliphatic carbocycles. The summed E-state index contributed by atoms with van der Waals surface area (Å²) in [6.45, 7) is 2.11. The Bertz CT molecular complexity index is 962. The second-order valence-electron chi connectivity index (χ2n) is 8.83. The Morgan fingerprint density at radius 1 is 0.903 bits per heavy atom. The van der Waals surface area contributed by atoms with Crippen molar-refractivity contribution in [1.29, 1.82) is 0 Å². The molecule has 31 heavy (non-hydrogen) atoms. The van der Waals surface area contributed by atoms with Crippen LogP contribution in [0.5, 0.6) is 0 Å². The first-order valence-corrected chi connectivity index (χ1v) is 11.3. The summed E-state index contributed by atoms with van der Waals surface area (Å²) in [6, 6.07) is 19.6. The minimum absolute atomic E-state index is 0. The fraction of sp³-hybridized carbons (Fsp3) is 0.444. The number of benzene rings is 2. The van der Waals surface area contributed by atoms with Gasteiger partial charge in [0.15, 0.2) is 0 Å². The van der Waals surface area contributed by atoms with Gasteiger partial charge in [0.25, 0.3) is 0 Å². The van der Waals surface area contributed by atoms with Crippen LogP contribution in [0.2, 0.25) is 0 Å². The molecule has 167 valence electrons. The first-order valence-electron chi connectivity index (χ1n) is 11.3. The molecule has 0 bridgehead atoms. The molecule has 5 rings (SSSR count). The maximum Gasteiger partial charge on any atom is 0.0595 e. The third-order valence-electron chi connectivity index (χ3n) is 6.80. The molecule has 3 nitrogen and oxygen atoms in total. The van der Waals surface area contributed by atoms with Crippen LogP contribution in [-0.2, 0) is 20.1 Å². The topological polar surface area (TPSA) is 53.4 Å². The van der Waals surface area contributed by atoms with E-state index in [4.69, 9.17) is 0 Å². The van der Waals surface area contributed by atoms with Crippen LogP contribution in [0.15, 0.2) is 54.7 Å². The minimum Gasteiger partial charge on any atom is -0.393 e. The number of aliphatic hydroxyl groups excluding tert-OH is 2. The maximum atomic E-state index is 9.89. The summed E-state index contributed by atoms with van der Waals surface area (Å²) in [6.07, 6.45) is 9.25. The van der Waals surface area contributed by atoms with Crippen molar-refractivity contribution in [3.05, 3.63) is 66.4 Å². The Kier molecular flexibility index (Phi) is 8.80. The summed E-state index contributed by atoms with van der Waals surface area (Å²) in [5.74, 6) is 0.789. The first kappa shape index (κ1) is 24.1. The van der Waals surface area contributed by atoms with Crippen molar-refractivity contribution in [1.82, 2.24) is 4.98 Å². The van der Waals surface area contributed by atoms with Crippen LogP contribution in [-0.4, -0.2) is 27.4 Å². The van der Waals surface area contributed by atoms with Gasteiger partial charge in [0.05, 0.1) is 12.2 Å². The Hall–Kier alpha value is -1.58. The molecular weight excluding hydrogens is 563 g/mol. The molecule has 0 saturated heterocycles. The third-order valence-corrected chi connectivity index (χ3v) is 6.80. The molecule has 1 radical (unpaired) electrons. The van der Waals surface area contributed by atoms with Gasteiger partial charge in [-0.25, -0.2) is 0 Å². The van der Waals surface area contributed by atoms with Gasteiger partial charge in [0, 0.05) is 37.6 Å². The van der Waals surface area contributed by atoms with E-state index < -0.39 is 0 Å². The van der Waals surface area contributed by atoms with Gasteiger partial charge in [0.1, 0.15) is 0 Å². The number of aliphatic hydroxyl groups is 2. The Labute approximate surface area is 199 Å². The normalized spacial score (nSPS) is 25.4. The molecule has 2 aromatic carbocycles. The summed E-state index contributed by atoms with van der Waals surface area (Å²) >= 11 is 0. The van der Waals surface area contributed by atoms with Gasteiger partial charge in [-0.1, -0.05) is 43.5 Å². The average Bonchev–Trinajstić information content (AvgIpc) is 2.97. The largest absolute Gasteiger partial charge is 0.393 e. The van der Waals surface area contributed by atoms with Crippen LogP contribution in [0.25, 0.3) is 22.0 Å². The van der Waals surface area contributed by atoms with E-state index in [0.29, 0.717) is 5.92 Å². The van der Waals surface area contributed by atoms with Crippen molar-refractivity contribution >= 4 is 10.8 Å². The number of aromatic nitrogens is 1. The summed E-state index contributed by atoms with van der Waals surface area (Å²) in [5.41, 5.74) is 3.28. The van der Waals surface area contributed by atoms with Crippen molar-refractivity contribution in [3.63, 3.8) is 0 Å². The number of aryl methyl sites for hydroxylation is 1. The Morgan fingerprint density at radius 2 is 1.65 bits per heavy atom. The zero-order chi connectivity index (χ0) is 20.9. The molecule has 1 aromatic heterocycles. The van der Waals surface area contributed by atoms with E-state index in [9.17, 15) is 10.2 Å². The molecule has 4 heteroatoms. The van der Waals surface area contributed by atoms with Gasteiger partial charge in [0.2, 0.25) is 0 Å². The van der Waals surface area contributed by atoms with Crippen LogP contribution < -0.4 is 0 Å². The second kappa shape index (κ2) is 11.3. The molecule has 0 amide bonds. The second-order valence-corrected chi connectivity index (χ2v) is 8.83. The number of rotatable bonds is 1. The van der Waals surface area contributed by atoms with Crippen molar-refractivity contribution in [2.75, 3.05) is 0 Å². The van der Waals surface area contributed by atoms with Crippen molar-refractivity contribution in [2.45, 2.75) is 64.1 Å². The number of fused-ring (bicyclic) bond motifs is 2. The third kappa shape index (κ3) is 5.81. The van der Waals surface area contributed by atoms with E-state index >= 15 is 0 Å². The molecule has 0 spiro atoms. The van der Waals surface area contributed by atoms with Crippen LogP contribution in [0, 0.1) is 24.8 Å². The standard InChI is InChI=1S/C16H12N.C11H20O2.Ir/c1-12-6-5-9-14-10-16(17-11-15(12)14)13-7-3-2-4-8-13;12-9-6-2-1-4-8-5-3-7-10(13)11(8)9;/h2-7,9-11H,1H3;8-13H,1-7H2;/q-1;;. The quantitative estimate of drug-likeness (QED) is 0.355. The maximum absolute atomic E-state index is 9.89. The molecule has 4 atom stereocenters. The molecule has 3 aromatic rings. The van der Waals surface area contributed by atoms with E-state index in [1.54, 1.807) is 0 Å². The number of pyridine rings is 1.